The first kappa shape index (κ1) is 13.0. The van der Waals surface area contributed by atoms with Gasteiger partial charge < -0.3 is 10.2 Å². The van der Waals surface area contributed by atoms with Gasteiger partial charge in [0.05, 0.1) is 0 Å². The maximum atomic E-state index is 3.30. The number of nitrogens with zero attached hydrogens (tertiary/aromatic N) is 1. The Balaban J connectivity index is 2.24. The average molecular weight is 212 g/mol. The fraction of sp³-hybridized carbons (Fsp3) is 1.00. The Morgan fingerprint density at radius 1 is 1.33 bits per heavy atom. The van der Waals surface area contributed by atoms with Crippen LogP contribution < -0.4 is 5.32 Å². The Kier molecular flexibility index (Phi) is 5.07. The van der Waals surface area contributed by atoms with Gasteiger partial charge in [0.15, 0.2) is 0 Å². The molecular weight excluding hydrogens is 184 g/mol. The molecule has 1 atom stereocenters. The molecule has 0 saturated carbocycles. The molecule has 15 heavy (non-hydrogen) atoms. The van der Waals surface area contributed by atoms with Crippen LogP contribution in [-0.2, 0) is 0 Å². The molecule has 0 bridgehead atoms. The average Bonchev–Trinajstić information content (AvgIpc) is 2.15. The van der Waals surface area contributed by atoms with Gasteiger partial charge in [-0.2, -0.15) is 0 Å². The molecule has 90 valence electrons. The van der Waals surface area contributed by atoms with E-state index in [-0.39, 0.29) is 0 Å². The lowest BCUT2D eigenvalue weighted by Crippen LogP contribution is -2.40. The van der Waals surface area contributed by atoms with Crippen LogP contribution in [0.25, 0.3) is 0 Å². The summed E-state index contributed by atoms with van der Waals surface area (Å²) in [6.45, 7) is 12.1. The van der Waals surface area contributed by atoms with Crippen molar-refractivity contribution >= 4 is 0 Å². The Hall–Kier alpha value is -0.0800. The third-order valence-corrected chi connectivity index (χ3v) is 3.27. The van der Waals surface area contributed by atoms with Gasteiger partial charge in [0.1, 0.15) is 0 Å². The van der Waals surface area contributed by atoms with Gasteiger partial charge in [-0.1, -0.05) is 20.8 Å². The highest BCUT2D eigenvalue weighted by molar-refractivity contribution is 4.75. The SMILES string of the molecule is CNCC1CCCN(CCC(C)(C)C)C1. The second-order valence-electron chi connectivity index (χ2n) is 6.18. The van der Waals surface area contributed by atoms with E-state index in [0.717, 1.165) is 5.92 Å². The van der Waals surface area contributed by atoms with E-state index < -0.39 is 0 Å². The Morgan fingerprint density at radius 3 is 2.67 bits per heavy atom. The molecule has 2 heteroatoms. The fourth-order valence-corrected chi connectivity index (χ4v) is 2.30. The molecule has 1 aliphatic rings. The minimum absolute atomic E-state index is 0.482. The zero-order valence-electron chi connectivity index (χ0n) is 11.0. The number of hydrogen-bond acceptors (Lipinski definition) is 2. The summed E-state index contributed by atoms with van der Waals surface area (Å²) in [4.78, 5) is 2.65. The number of likely N-dealkylation sites (tertiary alicyclic amines) is 1. The lowest BCUT2D eigenvalue weighted by molar-refractivity contribution is 0.154. The maximum absolute atomic E-state index is 3.30. The van der Waals surface area contributed by atoms with Crippen LogP contribution in [-0.4, -0.2) is 38.1 Å². The smallest absolute Gasteiger partial charge is 0.00218 e. The number of hydrogen-bond donors (Lipinski definition) is 1. The van der Waals surface area contributed by atoms with Crippen molar-refractivity contribution in [2.75, 3.05) is 33.2 Å². The van der Waals surface area contributed by atoms with E-state index in [4.69, 9.17) is 0 Å². The van der Waals surface area contributed by atoms with Crippen molar-refractivity contribution in [3.8, 4) is 0 Å². The molecular formula is C13H28N2. The van der Waals surface area contributed by atoms with E-state index in [9.17, 15) is 0 Å². The van der Waals surface area contributed by atoms with Gasteiger partial charge in [-0.3, -0.25) is 0 Å². The molecule has 0 spiro atoms. The van der Waals surface area contributed by atoms with Crippen LogP contribution in [0.3, 0.4) is 0 Å². The number of nitrogens with one attached hydrogen (secondary N) is 1. The summed E-state index contributed by atoms with van der Waals surface area (Å²) in [5, 5.41) is 3.30. The van der Waals surface area contributed by atoms with E-state index in [0.29, 0.717) is 5.41 Å². The first-order valence-electron chi connectivity index (χ1n) is 6.38. The quantitative estimate of drug-likeness (QED) is 0.769. The van der Waals surface area contributed by atoms with Crippen LogP contribution in [0.2, 0.25) is 0 Å². The van der Waals surface area contributed by atoms with Crippen molar-refractivity contribution < 1.29 is 0 Å². The summed E-state index contributed by atoms with van der Waals surface area (Å²) in [5.74, 6) is 0.878. The largest absolute Gasteiger partial charge is 0.319 e. The topological polar surface area (TPSA) is 15.3 Å². The lowest BCUT2D eigenvalue weighted by atomic mass is 9.91. The van der Waals surface area contributed by atoms with Crippen LogP contribution in [0.15, 0.2) is 0 Å². The summed E-state index contributed by atoms with van der Waals surface area (Å²) in [6.07, 6.45) is 4.11. The third kappa shape index (κ3) is 5.53. The first-order valence-corrected chi connectivity index (χ1v) is 6.38. The standard InChI is InChI=1S/C13H28N2/c1-13(2,3)7-9-15-8-5-6-12(11-15)10-14-4/h12,14H,5-11H2,1-4H3. The van der Waals surface area contributed by atoms with Gasteiger partial charge in [0.25, 0.3) is 0 Å². The third-order valence-electron chi connectivity index (χ3n) is 3.27. The summed E-state index contributed by atoms with van der Waals surface area (Å²) in [6, 6.07) is 0. The van der Waals surface area contributed by atoms with Crippen LogP contribution in [0.1, 0.15) is 40.0 Å². The molecule has 0 radical (unpaired) electrons. The van der Waals surface area contributed by atoms with Crippen molar-refractivity contribution in [3.63, 3.8) is 0 Å². The van der Waals surface area contributed by atoms with Gasteiger partial charge in [0, 0.05) is 6.54 Å². The van der Waals surface area contributed by atoms with Gasteiger partial charge in [-0.25, -0.2) is 0 Å². The summed E-state index contributed by atoms with van der Waals surface area (Å²) >= 11 is 0. The Morgan fingerprint density at radius 2 is 2.07 bits per heavy atom. The minimum Gasteiger partial charge on any atom is -0.319 e. The van der Waals surface area contributed by atoms with Gasteiger partial charge in [-0.05, 0) is 57.3 Å². The Bertz CT molecular complexity index is 170. The number of piperidine rings is 1. The van der Waals surface area contributed by atoms with Crippen LogP contribution in [0.5, 0.6) is 0 Å². The maximum Gasteiger partial charge on any atom is 0.00218 e. The molecule has 1 aliphatic heterocycles. The Labute approximate surface area is 95.4 Å². The molecule has 2 nitrogen and oxygen atoms in total. The molecule has 0 aromatic rings. The predicted octanol–water partition coefficient (Wildman–Crippen LogP) is 2.35. The molecule has 1 rings (SSSR count). The zero-order valence-corrected chi connectivity index (χ0v) is 11.0. The minimum atomic E-state index is 0.482. The van der Waals surface area contributed by atoms with E-state index in [1.54, 1.807) is 0 Å². The molecule has 1 unspecified atom stereocenters. The molecule has 0 aromatic carbocycles. The highest BCUT2D eigenvalue weighted by Crippen LogP contribution is 2.21. The summed E-state index contributed by atoms with van der Waals surface area (Å²) in [7, 11) is 2.06. The highest BCUT2D eigenvalue weighted by atomic mass is 15.1. The molecule has 1 fully saturated rings. The zero-order chi connectivity index (χ0) is 11.3. The van der Waals surface area contributed by atoms with Crippen LogP contribution in [0, 0.1) is 11.3 Å². The predicted molar refractivity (Wildman–Crippen MR) is 67.2 cm³/mol. The lowest BCUT2D eigenvalue weighted by Gasteiger charge is -2.34. The van der Waals surface area contributed by atoms with Crippen LogP contribution >= 0.6 is 0 Å². The molecule has 1 N–H and O–H groups in total. The first-order chi connectivity index (χ1) is 7.01. The van der Waals surface area contributed by atoms with E-state index in [1.165, 1.54) is 45.4 Å². The molecule has 0 amide bonds. The van der Waals surface area contributed by atoms with Gasteiger partial charge >= 0.3 is 0 Å². The van der Waals surface area contributed by atoms with Crippen molar-refractivity contribution in [2.24, 2.45) is 11.3 Å². The molecule has 0 aliphatic carbocycles. The number of rotatable bonds is 4. The van der Waals surface area contributed by atoms with E-state index >= 15 is 0 Å². The second-order valence-corrected chi connectivity index (χ2v) is 6.18. The van der Waals surface area contributed by atoms with Crippen molar-refractivity contribution in [1.82, 2.24) is 10.2 Å². The highest BCUT2D eigenvalue weighted by Gasteiger charge is 2.20. The molecule has 1 heterocycles. The van der Waals surface area contributed by atoms with Crippen molar-refractivity contribution in [3.05, 3.63) is 0 Å². The molecule has 0 aromatic heterocycles. The van der Waals surface area contributed by atoms with Gasteiger partial charge in [-0.15, -0.1) is 0 Å². The van der Waals surface area contributed by atoms with Gasteiger partial charge in [0.2, 0.25) is 0 Å². The van der Waals surface area contributed by atoms with Crippen molar-refractivity contribution in [2.45, 2.75) is 40.0 Å². The summed E-state index contributed by atoms with van der Waals surface area (Å²) in [5.41, 5.74) is 0.482. The van der Waals surface area contributed by atoms with Crippen LogP contribution in [0.4, 0.5) is 0 Å². The monoisotopic (exact) mass is 212 g/mol. The second kappa shape index (κ2) is 5.86. The van der Waals surface area contributed by atoms with E-state index in [1.807, 2.05) is 0 Å². The molecule has 1 saturated heterocycles. The fourth-order valence-electron chi connectivity index (χ4n) is 2.30. The van der Waals surface area contributed by atoms with E-state index in [2.05, 4.69) is 38.0 Å². The normalized spacial score (nSPS) is 24.4. The van der Waals surface area contributed by atoms with Crippen molar-refractivity contribution in [1.29, 1.82) is 0 Å². The summed E-state index contributed by atoms with van der Waals surface area (Å²) < 4.78 is 0.